The van der Waals surface area contributed by atoms with Crippen molar-refractivity contribution < 1.29 is 4.79 Å². The van der Waals surface area contributed by atoms with Crippen LogP contribution in [0.2, 0.25) is 0 Å². The van der Waals surface area contributed by atoms with Gasteiger partial charge in [0.05, 0.1) is 6.20 Å². The fourth-order valence-corrected chi connectivity index (χ4v) is 1.54. The summed E-state index contributed by atoms with van der Waals surface area (Å²) in [5.74, 6) is 0.569. The Morgan fingerprint density at radius 3 is 3.00 bits per heavy atom. The SMILES string of the molecule is Nc1cccc(CCC(=O)Nc2ccn[nH]2)c1. The Balaban J connectivity index is 1.84. The molecule has 1 aromatic carbocycles. The molecule has 0 aliphatic heterocycles. The van der Waals surface area contributed by atoms with Crippen molar-refractivity contribution in [3.05, 3.63) is 42.1 Å². The Morgan fingerprint density at radius 2 is 2.29 bits per heavy atom. The number of aromatic nitrogens is 2. The number of hydrogen-bond acceptors (Lipinski definition) is 3. The molecule has 0 radical (unpaired) electrons. The molecule has 0 fully saturated rings. The van der Waals surface area contributed by atoms with Crippen molar-refractivity contribution in [2.75, 3.05) is 11.1 Å². The first kappa shape index (κ1) is 11.2. The minimum atomic E-state index is -0.0447. The third-order valence-electron chi connectivity index (χ3n) is 2.37. The van der Waals surface area contributed by atoms with Crippen LogP contribution in [0.3, 0.4) is 0 Å². The predicted molar refractivity (Wildman–Crippen MR) is 66.4 cm³/mol. The van der Waals surface area contributed by atoms with Crippen molar-refractivity contribution in [3.63, 3.8) is 0 Å². The number of nitrogen functional groups attached to an aromatic ring is 1. The number of amides is 1. The fourth-order valence-electron chi connectivity index (χ4n) is 1.54. The zero-order valence-corrected chi connectivity index (χ0v) is 9.31. The van der Waals surface area contributed by atoms with Crippen LogP contribution in [0.4, 0.5) is 11.5 Å². The van der Waals surface area contributed by atoms with E-state index in [0.717, 1.165) is 11.3 Å². The monoisotopic (exact) mass is 230 g/mol. The summed E-state index contributed by atoms with van der Waals surface area (Å²) in [6, 6.07) is 9.26. The molecule has 0 spiro atoms. The van der Waals surface area contributed by atoms with Crippen LogP contribution >= 0.6 is 0 Å². The summed E-state index contributed by atoms with van der Waals surface area (Å²) >= 11 is 0. The summed E-state index contributed by atoms with van der Waals surface area (Å²) in [6.07, 6.45) is 2.68. The van der Waals surface area contributed by atoms with Gasteiger partial charge in [0.1, 0.15) is 5.82 Å². The maximum atomic E-state index is 11.6. The van der Waals surface area contributed by atoms with Gasteiger partial charge in [-0.2, -0.15) is 5.10 Å². The molecule has 17 heavy (non-hydrogen) atoms. The number of aromatic amines is 1. The van der Waals surface area contributed by atoms with Crippen LogP contribution in [0.15, 0.2) is 36.5 Å². The summed E-state index contributed by atoms with van der Waals surface area (Å²) in [7, 11) is 0. The van der Waals surface area contributed by atoms with Gasteiger partial charge < -0.3 is 11.1 Å². The van der Waals surface area contributed by atoms with Crippen molar-refractivity contribution in [3.8, 4) is 0 Å². The summed E-state index contributed by atoms with van der Waals surface area (Å²) in [6.45, 7) is 0. The largest absolute Gasteiger partial charge is 0.399 e. The normalized spacial score (nSPS) is 10.1. The number of nitrogens with zero attached hydrogens (tertiary/aromatic N) is 1. The number of nitrogens with two attached hydrogens (primary N) is 1. The van der Waals surface area contributed by atoms with Crippen molar-refractivity contribution in [1.82, 2.24) is 10.2 Å². The average Bonchev–Trinajstić information content (AvgIpc) is 2.79. The minimum absolute atomic E-state index is 0.0447. The minimum Gasteiger partial charge on any atom is -0.399 e. The molecular formula is C12H14N4O. The highest BCUT2D eigenvalue weighted by Crippen LogP contribution is 2.09. The quantitative estimate of drug-likeness (QED) is 0.697. The van der Waals surface area contributed by atoms with Gasteiger partial charge in [-0.3, -0.25) is 9.89 Å². The fraction of sp³-hybridized carbons (Fsp3) is 0.167. The second-order valence-electron chi connectivity index (χ2n) is 3.76. The Kier molecular flexibility index (Phi) is 3.40. The number of anilines is 2. The van der Waals surface area contributed by atoms with Crippen molar-refractivity contribution in [1.29, 1.82) is 0 Å². The van der Waals surface area contributed by atoms with Gasteiger partial charge in [0.25, 0.3) is 0 Å². The zero-order chi connectivity index (χ0) is 12.1. The smallest absolute Gasteiger partial charge is 0.225 e. The van der Waals surface area contributed by atoms with Crippen LogP contribution in [0.1, 0.15) is 12.0 Å². The van der Waals surface area contributed by atoms with E-state index in [9.17, 15) is 4.79 Å². The lowest BCUT2D eigenvalue weighted by molar-refractivity contribution is -0.116. The molecule has 0 aliphatic rings. The molecule has 0 saturated carbocycles. The molecule has 0 saturated heterocycles. The number of nitrogens with one attached hydrogen (secondary N) is 2. The molecule has 5 heteroatoms. The number of aryl methyl sites for hydroxylation is 1. The van der Waals surface area contributed by atoms with E-state index in [1.54, 1.807) is 12.3 Å². The molecule has 2 aromatic rings. The van der Waals surface area contributed by atoms with Gasteiger partial charge in [0, 0.05) is 18.2 Å². The lowest BCUT2D eigenvalue weighted by atomic mass is 10.1. The molecule has 1 amide bonds. The van der Waals surface area contributed by atoms with Gasteiger partial charge in [0.15, 0.2) is 0 Å². The Labute approximate surface area is 99.0 Å². The van der Waals surface area contributed by atoms with E-state index in [1.165, 1.54) is 0 Å². The van der Waals surface area contributed by atoms with Gasteiger partial charge in [-0.25, -0.2) is 0 Å². The van der Waals surface area contributed by atoms with E-state index in [1.807, 2.05) is 24.3 Å². The summed E-state index contributed by atoms with van der Waals surface area (Å²) < 4.78 is 0. The number of benzene rings is 1. The lowest BCUT2D eigenvalue weighted by Crippen LogP contribution is -2.12. The number of carbonyl (C=O) groups excluding carboxylic acids is 1. The number of carbonyl (C=O) groups is 1. The zero-order valence-electron chi connectivity index (χ0n) is 9.31. The average molecular weight is 230 g/mol. The Hall–Kier alpha value is -2.30. The molecule has 0 unspecified atom stereocenters. The van der Waals surface area contributed by atoms with E-state index < -0.39 is 0 Å². The van der Waals surface area contributed by atoms with Crippen molar-refractivity contribution in [2.45, 2.75) is 12.8 Å². The summed E-state index contributed by atoms with van der Waals surface area (Å²) in [5.41, 5.74) is 7.44. The maximum Gasteiger partial charge on any atom is 0.225 e. The summed E-state index contributed by atoms with van der Waals surface area (Å²) in [5, 5.41) is 9.14. The van der Waals surface area contributed by atoms with Gasteiger partial charge in [-0.15, -0.1) is 0 Å². The van der Waals surface area contributed by atoms with Gasteiger partial charge in [-0.1, -0.05) is 12.1 Å². The van der Waals surface area contributed by atoms with E-state index in [4.69, 9.17) is 5.73 Å². The molecule has 1 aromatic heterocycles. The van der Waals surface area contributed by atoms with Crippen LogP contribution in [0, 0.1) is 0 Å². The third kappa shape index (κ3) is 3.34. The van der Waals surface area contributed by atoms with Crippen LogP contribution in [-0.2, 0) is 11.2 Å². The molecular weight excluding hydrogens is 216 g/mol. The van der Waals surface area contributed by atoms with E-state index in [-0.39, 0.29) is 5.91 Å². The molecule has 0 bridgehead atoms. The molecule has 0 aliphatic carbocycles. The van der Waals surface area contributed by atoms with Crippen LogP contribution in [0.25, 0.3) is 0 Å². The molecule has 2 rings (SSSR count). The van der Waals surface area contributed by atoms with Crippen LogP contribution in [-0.4, -0.2) is 16.1 Å². The standard InChI is InChI=1S/C12H14N4O/c13-10-3-1-2-9(8-10)4-5-12(17)15-11-6-7-14-16-11/h1-3,6-8H,4-5,13H2,(H2,14,15,16,17). The predicted octanol–water partition coefficient (Wildman–Crippen LogP) is 1.56. The molecule has 4 N–H and O–H groups in total. The first-order valence-electron chi connectivity index (χ1n) is 5.38. The van der Waals surface area contributed by atoms with E-state index >= 15 is 0 Å². The van der Waals surface area contributed by atoms with Gasteiger partial charge in [-0.05, 0) is 24.1 Å². The first-order chi connectivity index (χ1) is 8.24. The number of H-pyrrole nitrogens is 1. The van der Waals surface area contributed by atoms with Crippen molar-refractivity contribution in [2.24, 2.45) is 0 Å². The van der Waals surface area contributed by atoms with Gasteiger partial charge in [0.2, 0.25) is 5.91 Å². The molecule has 88 valence electrons. The van der Waals surface area contributed by atoms with Crippen molar-refractivity contribution >= 4 is 17.4 Å². The Morgan fingerprint density at radius 1 is 1.41 bits per heavy atom. The highest BCUT2D eigenvalue weighted by Gasteiger charge is 2.03. The maximum absolute atomic E-state index is 11.6. The van der Waals surface area contributed by atoms with Gasteiger partial charge >= 0.3 is 0 Å². The first-order valence-corrected chi connectivity index (χ1v) is 5.38. The second-order valence-corrected chi connectivity index (χ2v) is 3.76. The highest BCUT2D eigenvalue weighted by molar-refractivity contribution is 5.89. The van der Waals surface area contributed by atoms with Crippen LogP contribution < -0.4 is 11.1 Å². The number of hydrogen-bond donors (Lipinski definition) is 3. The highest BCUT2D eigenvalue weighted by atomic mass is 16.1. The number of rotatable bonds is 4. The molecule has 1 heterocycles. The van der Waals surface area contributed by atoms with E-state index in [2.05, 4.69) is 15.5 Å². The Bertz CT molecular complexity index is 493. The molecule has 0 atom stereocenters. The van der Waals surface area contributed by atoms with Crippen LogP contribution in [0.5, 0.6) is 0 Å². The van der Waals surface area contributed by atoms with E-state index in [0.29, 0.717) is 18.7 Å². The topological polar surface area (TPSA) is 83.8 Å². The lowest BCUT2D eigenvalue weighted by Gasteiger charge is -2.03. The summed E-state index contributed by atoms with van der Waals surface area (Å²) in [4.78, 5) is 11.6. The molecule has 5 nitrogen and oxygen atoms in total. The second kappa shape index (κ2) is 5.16. The third-order valence-corrected chi connectivity index (χ3v) is 2.37.